The van der Waals surface area contributed by atoms with Crippen molar-refractivity contribution in [2.45, 2.75) is 55.5 Å². The molecule has 0 aromatic carbocycles. The molecule has 0 bridgehead atoms. The van der Waals surface area contributed by atoms with Crippen molar-refractivity contribution < 1.29 is 33.3 Å². The zero-order valence-corrected chi connectivity index (χ0v) is 16.8. The average Bonchev–Trinajstić information content (AvgIpc) is 2.65. The van der Waals surface area contributed by atoms with E-state index >= 15 is 0 Å². The standard InChI is InChI=1S/C17H20N4O7S/c1-9(22)25-8-13-15(26-10(2)23)14(20-21-18)16(27-11(3)24)17(28-13)29-12-4-6-19-7-5-12/h4-7,13-17H,8H2,1-3H3/t13?,14-,15-,16?,17+/m0/s1. The molecule has 0 aliphatic carbocycles. The van der Waals surface area contributed by atoms with Gasteiger partial charge in [-0.15, -0.1) is 0 Å². The summed E-state index contributed by atoms with van der Waals surface area (Å²) < 4.78 is 21.6. The minimum absolute atomic E-state index is 0.245. The quantitative estimate of drug-likeness (QED) is 0.210. The highest BCUT2D eigenvalue weighted by molar-refractivity contribution is 7.99. The number of aromatic nitrogens is 1. The summed E-state index contributed by atoms with van der Waals surface area (Å²) in [6.45, 7) is 3.35. The van der Waals surface area contributed by atoms with Crippen LogP contribution in [0.3, 0.4) is 0 Å². The van der Waals surface area contributed by atoms with Crippen LogP contribution in [0, 0.1) is 0 Å². The first-order valence-corrected chi connectivity index (χ1v) is 9.44. The van der Waals surface area contributed by atoms with Gasteiger partial charge in [-0.25, -0.2) is 0 Å². The van der Waals surface area contributed by atoms with Gasteiger partial charge >= 0.3 is 17.9 Å². The maximum absolute atomic E-state index is 11.7. The molecule has 156 valence electrons. The zero-order valence-electron chi connectivity index (χ0n) is 16.0. The fraction of sp³-hybridized carbons (Fsp3) is 0.529. The summed E-state index contributed by atoms with van der Waals surface area (Å²) >= 11 is 1.20. The van der Waals surface area contributed by atoms with E-state index in [9.17, 15) is 14.4 Å². The smallest absolute Gasteiger partial charge is 0.303 e. The van der Waals surface area contributed by atoms with Gasteiger partial charge in [-0.3, -0.25) is 19.4 Å². The largest absolute Gasteiger partial charge is 0.463 e. The summed E-state index contributed by atoms with van der Waals surface area (Å²) in [7, 11) is 0. The van der Waals surface area contributed by atoms with Crippen LogP contribution in [-0.2, 0) is 33.3 Å². The highest BCUT2D eigenvalue weighted by atomic mass is 32.2. The molecule has 11 nitrogen and oxygen atoms in total. The lowest BCUT2D eigenvalue weighted by Crippen LogP contribution is -2.59. The third-order valence-electron chi connectivity index (χ3n) is 3.76. The molecule has 12 heteroatoms. The van der Waals surface area contributed by atoms with Crippen molar-refractivity contribution in [2.75, 3.05) is 6.61 Å². The number of carbonyl (C=O) groups is 3. The first kappa shape index (κ1) is 22.5. The molecule has 1 fully saturated rings. The van der Waals surface area contributed by atoms with Gasteiger partial charge in [0.2, 0.25) is 0 Å². The minimum atomic E-state index is -1.12. The molecular formula is C17H20N4O7S. The summed E-state index contributed by atoms with van der Waals surface area (Å²) in [6.07, 6.45) is 0.0365. The topological polar surface area (TPSA) is 150 Å². The molecule has 1 aliphatic rings. The van der Waals surface area contributed by atoms with E-state index in [0.717, 1.165) is 4.90 Å². The molecule has 0 radical (unpaired) electrons. The second-order valence-corrected chi connectivity index (χ2v) is 7.16. The molecular weight excluding hydrogens is 404 g/mol. The molecule has 5 atom stereocenters. The van der Waals surface area contributed by atoms with E-state index in [2.05, 4.69) is 15.0 Å². The van der Waals surface area contributed by atoms with Crippen LogP contribution in [0.2, 0.25) is 0 Å². The van der Waals surface area contributed by atoms with Crippen LogP contribution in [-0.4, -0.2) is 59.3 Å². The Balaban J connectivity index is 2.41. The molecule has 29 heavy (non-hydrogen) atoms. The number of azide groups is 1. The fourth-order valence-corrected chi connectivity index (χ4v) is 3.82. The summed E-state index contributed by atoms with van der Waals surface area (Å²) in [5.41, 5.74) is 8.21. The van der Waals surface area contributed by atoms with Crippen molar-refractivity contribution in [3.05, 3.63) is 35.0 Å². The predicted octanol–water partition coefficient (Wildman–Crippen LogP) is 2.00. The van der Waals surface area contributed by atoms with Gasteiger partial charge < -0.3 is 18.9 Å². The summed E-state index contributed by atoms with van der Waals surface area (Å²) in [6, 6.07) is 2.35. The lowest BCUT2D eigenvalue weighted by atomic mass is 9.97. The number of hydrogen-bond acceptors (Lipinski definition) is 10. The van der Waals surface area contributed by atoms with E-state index in [1.54, 1.807) is 24.5 Å². The normalized spacial score (nSPS) is 26.0. The SMILES string of the molecule is CC(=O)OCC1O[C@H](Sc2ccncc2)C(OC(C)=O)[C@@H](N=[N+]=[N-])[C@H]1OC(C)=O. The number of carbonyl (C=O) groups excluding carboxylic acids is 3. The molecule has 0 spiro atoms. The van der Waals surface area contributed by atoms with Crippen molar-refractivity contribution in [3.63, 3.8) is 0 Å². The fourth-order valence-electron chi connectivity index (χ4n) is 2.72. The molecule has 1 aliphatic heterocycles. The van der Waals surface area contributed by atoms with E-state index in [0.29, 0.717) is 0 Å². The number of nitrogens with zero attached hydrogens (tertiary/aromatic N) is 4. The first-order chi connectivity index (χ1) is 13.8. The van der Waals surface area contributed by atoms with Gasteiger partial charge in [0.15, 0.2) is 0 Å². The van der Waals surface area contributed by atoms with Gasteiger partial charge in [0.1, 0.15) is 36.4 Å². The van der Waals surface area contributed by atoms with Gasteiger partial charge in [-0.05, 0) is 17.7 Å². The van der Waals surface area contributed by atoms with Gasteiger partial charge in [-0.1, -0.05) is 16.9 Å². The van der Waals surface area contributed by atoms with Crippen molar-refractivity contribution in [2.24, 2.45) is 5.11 Å². The van der Waals surface area contributed by atoms with Gasteiger partial charge in [0.05, 0.1) is 0 Å². The molecule has 2 rings (SSSR count). The number of thioether (sulfide) groups is 1. The van der Waals surface area contributed by atoms with E-state index in [4.69, 9.17) is 24.5 Å². The molecule has 0 N–H and O–H groups in total. The number of hydrogen-bond donors (Lipinski definition) is 0. The van der Waals surface area contributed by atoms with Crippen LogP contribution in [0.15, 0.2) is 34.5 Å². The molecule has 2 heterocycles. The Bertz CT molecular complexity index is 787. The Labute approximate surface area is 170 Å². The maximum atomic E-state index is 11.7. The van der Waals surface area contributed by atoms with E-state index in [1.165, 1.54) is 32.5 Å². The monoisotopic (exact) mass is 424 g/mol. The van der Waals surface area contributed by atoms with Gasteiger partial charge in [-0.2, -0.15) is 0 Å². The Hall–Kier alpha value is -2.82. The summed E-state index contributed by atoms with van der Waals surface area (Å²) in [4.78, 5) is 42.0. The molecule has 1 saturated heterocycles. The Morgan fingerprint density at radius 2 is 1.76 bits per heavy atom. The lowest BCUT2D eigenvalue weighted by molar-refractivity contribution is -0.201. The summed E-state index contributed by atoms with van der Waals surface area (Å²) in [5, 5.41) is 3.70. The third-order valence-corrected chi connectivity index (χ3v) is 4.91. The first-order valence-electron chi connectivity index (χ1n) is 8.56. The van der Waals surface area contributed by atoms with Gasteiger partial charge in [0, 0.05) is 43.0 Å². The van der Waals surface area contributed by atoms with Crippen molar-refractivity contribution >= 4 is 29.7 Å². The van der Waals surface area contributed by atoms with Crippen molar-refractivity contribution in [3.8, 4) is 0 Å². The Morgan fingerprint density at radius 3 is 2.31 bits per heavy atom. The highest BCUT2D eigenvalue weighted by Crippen LogP contribution is 2.37. The molecule has 2 unspecified atom stereocenters. The number of pyridine rings is 1. The van der Waals surface area contributed by atoms with E-state index in [1.807, 2.05) is 0 Å². The predicted molar refractivity (Wildman–Crippen MR) is 99.4 cm³/mol. The second-order valence-electron chi connectivity index (χ2n) is 5.99. The Kier molecular flexibility index (Phi) is 8.25. The van der Waals surface area contributed by atoms with Crippen LogP contribution in [0.5, 0.6) is 0 Å². The van der Waals surface area contributed by atoms with Gasteiger partial charge in [0.25, 0.3) is 0 Å². The number of rotatable bonds is 7. The van der Waals surface area contributed by atoms with Crippen LogP contribution >= 0.6 is 11.8 Å². The van der Waals surface area contributed by atoms with E-state index < -0.39 is 47.7 Å². The lowest BCUT2D eigenvalue weighted by Gasteiger charge is -2.43. The second kappa shape index (κ2) is 10.6. The number of esters is 3. The maximum Gasteiger partial charge on any atom is 0.303 e. The van der Waals surface area contributed by atoms with Crippen molar-refractivity contribution in [1.82, 2.24) is 4.98 Å². The molecule has 0 amide bonds. The Morgan fingerprint density at radius 1 is 1.14 bits per heavy atom. The minimum Gasteiger partial charge on any atom is -0.463 e. The van der Waals surface area contributed by atoms with Crippen LogP contribution in [0.1, 0.15) is 20.8 Å². The van der Waals surface area contributed by atoms with Crippen LogP contribution in [0.25, 0.3) is 10.4 Å². The van der Waals surface area contributed by atoms with E-state index in [-0.39, 0.29) is 6.61 Å². The van der Waals surface area contributed by atoms with Crippen LogP contribution < -0.4 is 0 Å². The van der Waals surface area contributed by atoms with Crippen LogP contribution in [0.4, 0.5) is 0 Å². The molecule has 1 aromatic rings. The molecule has 1 aromatic heterocycles. The summed E-state index contributed by atoms with van der Waals surface area (Å²) in [5.74, 6) is -1.85. The zero-order chi connectivity index (χ0) is 21.4. The van der Waals surface area contributed by atoms with Crippen molar-refractivity contribution in [1.29, 1.82) is 0 Å². The molecule has 0 saturated carbocycles. The number of ether oxygens (including phenoxy) is 4. The average molecular weight is 424 g/mol. The highest BCUT2D eigenvalue weighted by Gasteiger charge is 2.50. The third kappa shape index (κ3) is 6.63.